The van der Waals surface area contributed by atoms with Crippen LogP contribution in [0.1, 0.15) is 10.4 Å². The Morgan fingerprint density at radius 2 is 1.93 bits per heavy atom. The molecule has 0 saturated heterocycles. The van der Waals surface area contributed by atoms with E-state index in [4.69, 9.17) is 12.2 Å². The SMILES string of the molecule is O=C(Nc1cccc(-n2cn[nH]c2=S)c1)c1cc(NS(=O)[O-])c2ccccc2c1O. The second-order valence-corrected chi connectivity index (χ2v) is 7.30. The van der Waals surface area contributed by atoms with Crippen molar-refractivity contribution in [3.63, 3.8) is 0 Å². The lowest BCUT2D eigenvalue weighted by atomic mass is 10.0. The van der Waals surface area contributed by atoms with E-state index in [0.29, 0.717) is 26.9 Å². The lowest BCUT2D eigenvalue weighted by Crippen LogP contribution is -2.13. The molecular weight excluding hydrogens is 426 g/mol. The normalized spacial score (nSPS) is 11.9. The molecule has 0 bridgehead atoms. The lowest BCUT2D eigenvalue weighted by Gasteiger charge is -2.16. The maximum atomic E-state index is 12.9. The first-order valence-corrected chi connectivity index (χ1v) is 10.1. The summed E-state index contributed by atoms with van der Waals surface area (Å²) in [7, 11) is 0. The zero-order valence-electron chi connectivity index (χ0n) is 15.2. The number of carbonyl (C=O) groups is 1. The smallest absolute Gasteiger partial charge is 0.259 e. The molecule has 152 valence electrons. The third kappa shape index (κ3) is 3.81. The summed E-state index contributed by atoms with van der Waals surface area (Å²) in [5.41, 5.74) is 1.24. The van der Waals surface area contributed by atoms with Crippen LogP contribution in [0.5, 0.6) is 5.75 Å². The average molecular weight is 440 g/mol. The van der Waals surface area contributed by atoms with Crippen LogP contribution in [-0.4, -0.2) is 34.5 Å². The number of nitrogens with zero attached hydrogens (tertiary/aromatic N) is 2. The summed E-state index contributed by atoms with van der Waals surface area (Å²) in [4.78, 5) is 12.9. The van der Waals surface area contributed by atoms with Crippen molar-refractivity contribution in [2.75, 3.05) is 10.0 Å². The topological polar surface area (TPSA) is 135 Å². The second kappa shape index (κ2) is 8.06. The Labute approximate surface area is 177 Å². The summed E-state index contributed by atoms with van der Waals surface area (Å²) in [5.74, 6) is -0.857. The molecule has 1 atom stereocenters. The molecule has 4 aromatic rings. The molecule has 0 saturated carbocycles. The molecule has 11 heteroatoms. The van der Waals surface area contributed by atoms with Crippen LogP contribution in [0.25, 0.3) is 16.5 Å². The summed E-state index contributed by atoms with van der Waals surface area (Å²) in [5, 5.41) is 20.7. The molecule has 0 aliphatic heterocycles. The van der Waals surface area contributed by atoms with Gasteiger partial charge >= 0.3 is 0 Å². The van der Waals surface area contributed by atoms with Crippen molar-refractivity contribution >= 4 is 51.5 Å². The number of H-pyrrole nitrogens is 1. The largest absolute Gasteiger partial charge is 0.755 e. The first kappa shape index (κ1) is 19.8. The Balaban J connectivity index is 1.72. The van der Waals surface area contributed by atoms with Crippen molar-refractivity contribution in [1.29, 1.82) is 0 Å². The lowest BCUT2D eigenvalue weighted by molar-refractivity contribution is 0.102. The summed E-state index contributed by atoms with van der Waals surface area (Å²) >= 11 is 2.56. The van der Waals surface area contributed by atoms with E-state index in [-0.39, 0.29) is 17.0 Å². The molecule has 0 spiro atoms. The van der Waals surface area contributed by atoms with Crippen LogP contribution in [0.4, 0.5) is 11.4 Å². The number of amides is 1. The number of aromatic hydroxyl groups is 1. The monoisotopic (exact) mass is 440 g/mol. The fourth-order valence-electron chi connectivity index (χ4n) is 3.07. The van der Waals surface area contributed by atoms with Crippen LogP contribution in [-0.2, 0) is 11.3 Å². The molecule has 0 radical (unpaired) electrons. The number of rotatable bonds is 5. The van der Waals surface area contributed by atoms with E-state index in [2.05, 4.69) is 20.2 Å². The number of hydrogen-bond acceptors (Lipinski definition) is 6. The molecule has 0 aliphatic carbocycles. The third-order valence-corrected chi connectivity index (χ3v) is 5.06. The number of anilines is 2. The number of carbonyl (C=O) groups excluding carboxylic acids is 1. The van der Waals surface area contributed by atoms with E-state index >= 15 is 0 Å². The van der Waals surface area contributed by atoms with Gasteiger partial charge < -0.3 is 19.7 Å². The molecule has 4 rings (SSSR count). The van der Waals surface area contributed by atoms with Crippen LogP contribution in [0.15, 0.2) is 60.9 Å². The number of phenols is 1. The standard InChI is InChI=1S/C19H15N5O4S2/c25-17-14-7-2-1-6-13(14)16(23-30(27)28)9-15(17)18(26)21-11-4-3-5-12(8-11)24-10-20-22-19(24)29/h1-10,23,25H,(H,21,26)(H,22,29)(H,27,28)/p-1. The van der Waals surface area contributed by atoms with Crippen molar-refractivity contribution < 1.29 is 18.7 Å². The van der Waals surface area contributed by atoms with E-state index in [1.165, 1.54) is 12.4 Å². The van der Waals surface area contributed by atoms with Crippen LogP contribution < -0.4 is 10.0 Å². The van der Waals surface area contributed by atoms with Gasteiger partial charge in [-0.2, -0.15) is 5.10 Å². The van der Waals surface area contributed by atoms with Gasteiger partial charge in [-0.25, -0.2) is 0 Å². The predicted molar refractivity (Wildman–Crippen MR) is 115 cm³/mol. The highest BCUT2D eigenvalue weighted by atomic mass is 32.2. The Bertz CT molecular complexity index is 1350. The van der Waals surface area contributed by atoms with Gasteiger partial charge in [0.1, 0.15) is 12.1 Å². The average Bonchev–Trinajstić information content (AvgIpc) is 3.16. The molecule has 0 aliphatic rings. The van der Waals surface area contributed by atoms with E-state index in [9.17, 15) is 18.7 Å². The molecule has 1 aromatic heterocycles. The van der Waals surface area contributed by atoms with Crippen LogP contribution in [0, 0.1) is 4.77 Å². The van der Waals surface area contributed by atoms with Crippen molar-refractivity contribution in [1.82, 2.24) is 14.8 Å². The maximum absolute atomic E-state index is 12.9. The zero-order valence-corrected chi connectivity index (χ0v) is 16.8. The number of hydrogen-bond donors (Lipinski definition) is 4. The third-order valence-electron chi connectivity index (χ3n) is 4.39. The quantitative estimate of drug-likeness (QED) is 0.214. The highest BCUT2D eigenvalue weighted by molar-refractivity contribution is 7.80. The Kier molecular flexibility index (Phi) is 5.31. The van der Waals surface area contributed by atoms with Gasteiger partial charge in [-0.1, -0.05) is 30.3 Å². The van der Waals surface area contributed by atoms with E-state index in [1.54, 1.807) is 53.1 Å². The van der Waals surface area contributed by atoms with Gasteiger partial charge in [0.25, 0.3) is 5.91 Å². The Morgan fingerprint density at radius 1 is 1.17 bits per heavy atom. The molecule has 1 amide bonds. The number of phenolic OH excluding ortho intramolecular Hbond substituents is 1. The summed E-state index contributed by atoms with van der Waals surface area (Å²) in [6, 6.07) is 14.8. The summed E-state index contributed by atoms with van der Waals surface area (Å²) in [6.45, 7) is 0. The van der Waals surface area contributed by atoms with Gasteiger partial charge in [-0.3, -0.25) is 18.7 Å². The molecule has 4 N–H and O–H groups in total. The van der Waals surface area contributed by atoms with Gasteiger partial charge in [0, 0.05) is 27.7 Å². The fraction of sp³-hybridized carbons (Fsp3) is 0. The molecule has 3 aromatic carbocycles. The van der Waals surface area contributed by atoms with Crippen molar-refractivity contribution in [3.05, 3.63) is 71.3 Å². The minimum Gasteiger partial charge on any atom is -0.755 e. The van der Waals surface area contributed by atoms with Crippen LogP contribution in [0.2, 0.25) is 0 Å². The number of aromatic amines is 1. The second-order valence-electron chi connectivity index (χ2n) is 6.24. The molecule has 1 unspecified atom stereocenters. The Morgan fingerprint density at radius 3 is 2.63 bits per heavy atom. The van der Waals surface area contributed by atoms with Crippen molar-refractivity contribution in [2.24, 2.45) is 0 Å². The van der Waals surface area contributed by atoms with Gasteiger partial charge in [-0.15, -0.1) is 0 Å². The van der Waals surface area contributed by atoms with E-state index in [0.717, 1.165) is 0 Å². The van der Waals surface area contributed by atoms with E-state index in [1.807, 2.05) is 0 Å². The van der Waals surface area contributed by atoms with Gasteiger partial charge in [0.05, 0.1) is 16.9 Å². The number of aromatic nitrogens is 3. The molecule has 0 fully saturated rings. The van der Waals surface area contributed by atoms with Crippen LogP contribution >= 0.6 is 12.2 Å². The fourth-order valence-corrected chi connectivity index (χ4v) is 3.63. The van der Waals surface area contributed by atoms with Gasteiger partial charge in [0.15, 0.2) is 4.77 Å². The maximum Gasteiger partial charge on any atom is 0.259 e. The van der Waals surface area contributed by atoms with Crippen LogP contribution in [0.3, 0.4) is 0 Å². The summed E-state index contributed by atoms with van der Waals surface area (Å²) in [6.07, 6.45) is 1.51. The first-order chi connectivity index (χ1) is 14.4. The predicted octanol–water partition coefficient (Wildman–Crippen LogP) is 3.25. The van der Waals surface area contributed by atoms with Gasteiger partial charge in [-0.05, 0) is 36.5 Å². The molecular formula is C19H14N5O4S2-. The van der Waals surface area contributed by atoms with Gasteiger partial charge in [0.2, 0.25) is 0 Å². The Hall–Kier alpha value is -3.54. The molecule has 9 nitrogen and oxygen atoms in total. The first-order valence-electron chi connectivity index (χ1n) is 8.58. The number of nitrogens with one attached hydrogen (secondary N) is 3. The molecule has 30 heavy (non-hydrogen) atoms. The highest BCUT2D eigenvalue weighted by Gasteiger charge is 2.17. The zero-order chi connectivity index (χ0) is 21.3. The van der Waals surface area contributed by atoms with Crippen molar-refractivity contribution in [3.8, 4) is 11.4 Å². The minimum atomic E-state index is -2.60. The van der Waals surface area contributed by atoms with Crippen molar-refractivity contribution in [2.45, 2.75) is 0 Å². The molecule has 1 heterocycles. The summed E-state index contributed by atoms with van der Waals surface area (Å²) < 4.78 is 26.6. The number of benzene rings is 3. The van der Waals surface area contributed by atoms with E-state index < -0.39 is 17.2 Å². The highest BCUT2D eigenvalue weighted by Crippen LogP contribution is 2.35. The number of fused-ring (bicyclic) bond motifs is 1. The minimum absolute atomic E-state index is 0.0769.